The summed E-state index contributed by atoms with van der Waals surface area (Å²) in [5.41, 5.74) is 0.974. The van der Waals surface area contributed by atoms with Crippen molar-refractivity contribution < 1.29 is 4.74 Å². The molecule has 0 bridgehead atoms. The highest BCUT2D eigenvalue weighted by Crippen LogP contribution is 2.27. The van der Waals surface area contributed by atoms with E-state index in [9.17, 15) is 0 Å². The molecule has 0 aliphatic carbocycles. The fourth-order valence-electron chi connectivity index (χ4n) is 1.68. The van der Waals surface area contributed by atoms with E-state index in [1.54, 1.807) is 0 Å². The summed E-state index contributed by atoms with van der Waals surface area (Å²) in [5.74, 6) is 0. The molecule has 1 aliphatic rings. The molecule has 0 radical (unpaired) electrons. The largest absolute Gasteiger partial charge is 0.379 e. The summed E-state index contributed by atoms with van der Waals surface area (Å²) in [6.45, 7) is 1.65. The van der Waals surface area contributed by atoms with Crippen molar-refractivity contribution in [3.63, 3.8) is 0 Å². The molecule has 1 aliphatic heterocycles. The Morgan fingerprint density at radius 1 is 1.47 bits per heavy atom. The van der Waals surface area contributed by atoms with Gasteiger partial charge in [0.1, 0.15) is 0 Å². The lowest BCUT2D eigenvalue weighted by molar-refractivity contribution is 0.0876. The average Bonchev–Trinajstić information content (AvgIpc) is 2.25. The van der Waals surface area contributed by atoms with Crippen molar-refractivity contribution >= 4 is 33.2 Å². The third-order valence-electron chi connectivity index (χ3n) is 2.45. The van der Waals surface area contributed by atoms with Crippen LogP contribution in [0.15, 0.2) is 22.7 Å². The molecular formula is C11H13BrClNO. The van der Waals surface area contributed by atoms with Gasteiger partial charge in [-0.3, -0.25) is 0 Å². The van der Waals surface area contributed by atoms with Crippen molar-refractivity contribution in [2.45, 2.75) is 18.9 Å². The van der Waals surface area contributed by atoms with E-state index in [2.05, 4.69) is 21.2 Å². The van der Waals surface area contributed by atoms with Crippen LogP contribution < -0.4 is 5.32 Å². The fraction of sp³-hybridized carbons (Fsp3) is 0.455. The van der Waals surface area contributed by atoms with E-state index in [1.165, 1.54) is 0 Å². The van der Waals surface area contributed by atoms with Crippen LogP contribution in [-0.2, 0) is 4.74 Å². The van der Waals surface area contributed by atoms with E-state index in [1.807, 2.05) is 18.2 Å². The van der Waals surface area contributed by atoms with Gasteiger partial charge in [0.25, 0.3) is 0 Å². The highest BCUT2D eigenvalue weighted by Gasteiger charge is 2.14. The van der Waals surface area contributed by atoms with Crippen LogP contribution in [0.4, 0.5) is 5.69 Å². The van der Waals surface area contributed by atoms with Crippen LogP contribution in [0.5, 0.6) is 0 Å². The molecular weight excluding hydrogens is 277 g/mol. The smallest absolute Gasteiger partial charge is 0.0667 e. The Kier molecular flexibility index (Phi) is 3.89. The molecule has 2 nitrogen and oxygen atoms in total. The Morgan fingerprint density at radius 2 is 2.33 bits per heavy atom. The zero-order valence-electron chi connectivity index (χ0n) is 8.30. The van der Waals surface area contributed by atoms with Crippen molar-refractivity contribution in [1.29, 1.82) is 0 Å². The lowest BCUT2D eigenvalue weighted by atomic mass is 10.1. The normalized spacial score (nSPS) is 21.3. The van der Waals surface area contributed by atoms with Gasteiger partial charge in [0, 0.05) is 17.1 Å². The quantitative estimate of drug-likeness (QED) is 0.897. The van der Waals surface area contributed by atoms with Crippen LogP contribution in [0.2, 0.25) is 5.02 Å². The second-order valence-electron chi connectivity index (χ2n) is 3.68. The predicted octanol–water partition coefficient (Wildman–Crippen LogP) is 3.69. The number of ether oxygens (including phenoxy) is 1. The van der Waals surface area contributed by atoms with Crippen LogP contribution in [0.1, 0.15) is 12.8 Å². The van der Waals surface area contributed by atoms with Gasteiger partial charge in [-0.15, -0.1) is 0 Å². The molecule has 1 aromatic carbocycles. The molecule has 15 heavy (non-hydrogen) atoms. The summed E-state index contributed by atoms with van der Waals surface area (Å²) >= 11 is 9.52. The molecule has 1 heterocycles. The van der Waals surface area contributed by atoms with Gasteiger partial charge in [0.15, 0.2) is 0 Å². The van der Waals surface area contributed by atoms with Crippen molar-refractivity contribution in [2.75, 3.05) is 18.5 Å². The van der Waals surface area contributed by atoms with Crippen molar-refractivity contribution in [2.24, 2.45) is 0 Å². The molecule has 1 atom stereocenters. The Morgan fingerprint density at radius 3 is 3.07 bits per heavy atom. The maximum absolute atomic E-state index is 6.09. The van der Waals surface area contributed by atoms with E-state index in [0.717, 1.165) is 41.2 Å². The van der Waals surface area contributed by atoms with Crippen LogP contribution in [0.25, 0.3) is 0 Å². The van der Waals surface area contributed by atoms with E-state index < -0.39 is 0 Å². The molecule has 1 fully saturated rings. The fourth-order valence-corrected chi connectivity index (χ4v) is 2.22. The number of hydrogen-bond acceptors (Lipinski definition) is 2. The maximum atomic E-state index is 6.09. The van der Waals surface area contributed by atoms with Crippen LogP contribution in [-0.4, -0.2) is 19.3 Å². The molecule has 2 rings (SSSR count). The molecule has 1 saturated heterocycles. The lowest BCUT2D eigenvalue weighted by Gasteiger charge is -2.24. The van der Waals surface area contributed by atoms with Crippen molar-refractivity contribution in [3.05, 3.63) is 27.7 Å². The van der Waals surface area contributed by atoms with Gasteiger partial charge in [-0.25, -0.2) is 0 Å². The van der Waals surface area contributed by atoms with Crippen LogP contribution in [0, 0.1) is 0 Å². The van der Waals surface area contributed by atoms with Crippen LogP contribution in [0.3, 0.4) is 0 Å². The van der Waals surface area contributed by atoms with Gasteiger partial charge in [0.05, 0.1) is 17.3 Å². The third kappa shape index (κ3) is 3.10. The minimum Gasteiger partial charge on any atom is -0.379 e. The number of halogens is 2. The summed E-state index contributed by atoms with van der Waals surface area (Å²) in [4.78, 5) is 0. The van der Waals surface area contributed by atoms with Gasteiger partial charge in [-0.1, -0.05) is 27.5 Å². The molecule has 0 spiro atoms. The Bertz CT molecular complexity index is 339. The molecule has 0 aromatic heterocycles. The summed E-state index contributed by atoms with van der Waals surface area (Å²) < 4.78 is 6.44. The molecule has 0 amide bonds. The van der Waals surface area contributed by atoms with Crippen LogP contribution >= 0.6 is 27.5 Å². The van der Waals surface area contributed by atoms with Gasteiger partial charge >= 0.3 is 0 Å². The standard InChI is InChI=1S/C11H13BrClNO/c12-8-3-4-10(13)11(6-8)14-9-2-1-5-15-7-9/h3-4,6,9,14H,1-2,5,7H2. The van der Waals surface area contributed by atoms with E-state index in [0.29, 0.717) is 6.04 Å². The van der Waals surface area contributed by atoms with Crippen molar-refractivity contribution in [1.82, 2.24) is 0 Å². The molecule has 1 aromatic rings. The van der Waals surface area contributed by atoms with Gasteiger partial charge < -0.3 is 10.1 Å². The summed E-state index contributed by atoms with van der Waals surface area (Å²) in [6, 6.07) is 6.20. The topological polar surface area (TPSA) is 21.3 Å². The number of nitrogens with one attached hydrogen (secondary N) is 1. The first-order valence-electron chi connectivity index (χ1n) is 5.05. The summed E-state index contributed by atoms with van der Waals surface area (Å²) in [7, 11) is 0. The lowest BCUT2D eigenvalue weighted by Crippen LogP contribution is -2.30. The molecule has 1 unspecified atom stereocenters. The number of rotatable bonds is 2. The highest BCUT2D eigenvalue weighted by molar-refractivity contribution is 9.10. The maximum Gasteiger partial charge on any atom is 0.0667 e. The number of benzene rings is 1. The number of hydrogen-bond donors (Lipinski definition) is 1. The predicted molar refractivity (Wildman–Crippen MR) is 66.6 cm³/mol. The number of anilines is 1. The first-order valence-corrected chi connectivity index (χ1v) is 6.22. The molecule has 1 N–H and O–H groups in total. The highest BCUT2D eigenvalue weighted by atomic mass is 79.9. The second kappa shape index (κ2) is 5.19. The zero-order valence-corrected chi connectivity index (χ0v) is 10.6. The van der Waals surface area contributed by atoms with Gasteiger partial charge in [-0.2, -0.15) is 0 Å². The van der Waals surface area contributed by atoms with Gasteiger partial charge in [-0.05, 0) is 31.0 Å². The van der Waals surface area contributed by atoms with E-state index in [4.69, 9.17) is 16.3 Å². The zero-order chi connectivity index (χ0) is 10.7. The average molecular weight is 291 g/mol. The van der Waals surface area contributed by atoms with Gasteiger partial charge in [0.2, 0.25) is 0 Å². The van der Waals surface area contributed by atoms with E-state index >= 15 is 0 Å². The third-order valence-corrected chi connectivity index (χ3v) is 3.27. The first-order chi connectivity index (χ1) is 7.25. The minimum absolute atomic E-state index is 0.380. The summed E-state index contributed by atoms with van der Waals surface area (Å²) in [5, 5.41) is 4.16. The monoisotopic (exact) mass is 289 g/mol. The molecule has 82 valence electrons. The summed E-state index contributed by atoms with van der Waals surface area (Å²) in [6.07, 6.45) is 2.26. The SMILES string of the molecule is Clc1ccc(Br)cc1NC1CCCOC1. The first kappa shape index (κ1) is 11.2. The Hall–Kier alpha value is -0.250. The Labute approximate surface area is 103 Å². The minimum atomic E-state index is 0.380. The Balaban J connectivity index is 2.05. The van der Waals surface area contributed by atoms with E-state index in [-0.39, 0.29) is 0 Å². The molecule has 4 heteroatoms. The molecule has 0 saturated carbocycles. The second-order valence-corrected chi connectivity index (χ2v) is 5.01. The van der Waals surface area contributed by atoms with Crippen molar-refractivity contribution in [3.8, 4) is 0 Å².